The molecule has 0 atom stereocenters. The molecule has 0 fully saturated rings. The van der Waals surface area contributed by atoms with E-state index < -0.39 is 0 Å². The highest BCUT2D eigenvalue weighted by molar-refractivity contribution is 7.99. The summed E-state index contributed by atoms with van der Waals surface area (Å²) in [6, 6.07) is 10.0. The van der Waals surface area contributed by atoms with Crippen LogP contribution in [0.3, 0.4) is 0 Å². The lowest BCUT2D eigenvalue weighted by Crippen LogP contribution is -2.25. The fourth-order valence-corrected chi connectivity index (χ4v) is 3.48. The van der Waals surface area contributed by atoms with Crippen LogP contribution < -0.4 is 5.32 Å². The maximum atomic E-state index is 12.2. The van der Waals surface area contributed by atoms with Gasteiger partial charge >= 0.3 is 0 Å². The lowest BCUT2D eigenvalue weighted by Gasteiger charge is -2.05. The van der Waals surface area contributed by atoms with E-state index in [1.54, 1.807) is 28.8 Å². The van der Waals surface area contributed by atoms with Crippen LogP contribution >= 0.6 is 11.8 Å². The molecule has 26 heavy (non-hydrogen) atoms. The van der Waals surface area contributed by atoms with Gasteiger partial charge in [0.15, 0.2) is 5.16 Å². The van der Waals surface area contributed by atoms with Crippen LogP contribution in [0.2, 0.25) is 0 Å². The van der Waals surface area contributed by atoms with Crippen LogP contribution in [-0.4, -0.2) is 42.7 Å². The Kier molecular flexibility index (Phi) is 6.06. The summed E-state index contributed by atoms with van der Waals surface area (Å²) in [6.07, 6.45) is 3.37. The zero-order chi connectivity index (χ0) is 18.4. The predicted octanol–water partition coefficient (Wildman–Crippen LogP) is 2.37. The summed E-state index contributed by atoms with van der Waals surface area (Å²) >= 11 is 1.59. The van der Waals surface area contributed by atoms with E-state index in [9.17, 15) is 4.79 Å². The molecular formula is C18H22N6OS. The first kappa shape index (κ1) is 18.2. The van der Waals surface area contributed by atoms with Gasteiger partial charge in [0.2, 0.25) is 0 Å². The van der Waals surface area contributed by atoms with E-state index >= 15 is 0 Å². The Morgan fingerprint density at radius 1 is 1.23 bits per heavy atom. The van der Waals surface area contributed by atoms with Crippen LogP contribution in [0, 0.1) is 6.92 Å². The maximum absolute atomic E-state index is 12.2. The van der Waals surface area contributed by atoms with Gasteiger partial charge in [-0.25, -0.2) is 0 Å². The second-order valence-corrected chi connectivity index (χ2v) is 6.85. The van der Waals surface area contributed by atoms with Crippen LogP contribution in [0.4, 0.5) is 0 Å². The summed E-state index contributed by atoms with van der Waals surface area (Å²) in [6.45, 7) is 6.05. The normalized spacial score (nSPS) is 10.8. The molecule has 1 aromatic carbocycles. The molecule has 1 amide bonds. The minimum Gasteiger partial charge on any atom is -0.351 e. The van der Waals surface area contributed by atoms with Gasteiger partial charge in [-0.1, -0.05) is 42.1 Å². The number of nitrogens with one attached hydrogen (secondary N) is 1. The third-order valence-electron chi connectivity index (χ3n) is 3.92. The number of hydrogen-bond acceptors (Lipinski definition) is 5. The minimum absolute atomic E-state index is 0.113. The number of amides is 1. The van der Waals surface area contributed by atoms with Crippen molar-refractivity contribution in [3.63, 3.8) is 0 Å². The molecule has 0 aliphatic rings. The van der Waals surface area contributed by atoms with Crippen LogP contribution in [0.1, 0.15) is 28.7 Å². The Balaban J connectivity index is 1.46. The van der Waals surface area contributed by atoms with Gasteiger partial charge in [0.25, 0.3) is 5.91 Å². The zero-order valence-electron chi connectivity index (χ0n) is 14.9. The predicted molar refractivity (Wildman–Crippen MR) is 101 cm³/mol. The second kappa shape index (κ2) is 8.66. The minimum atomic E-state index is -0.113. The average Bonchev–Trinajstić information content (AvgIpc) is 3.26. The molecule has 3 rings (SSSR count). The first-order valence-corrected chi connectivity index (χ1v) is 9.53. The molecule has 1 N–H and O–H groups in total. The lowest BCUT2D eigenvalue weighted by molar-refractivity contribution is 0.0956. The Bertz CT molecular complexity index is 858. The molecule has 0 aliphatic carbocycles. The molecule has 0 aliphatic heterocycles. The summed E-state index contributed by atoms with van der Waals surface area (Å²) < 4.78 is 3.82. The van der Waals surface area contributed by atoms with E-state index in [1.165, 1.54) is 0 Å². The van der Waals surface area contributed by atoms with Crippen molar-refractivity contribution in [1.82, 2.24) is 29.9 Å². The monoisotopic (exact) mass is 370 g/mol. The van der Waals surface area contributed by atoms with Crippen molar-refractivity contribution in [3.05, 3.63) is 59.7 Å². The molecule has 7 nitrogen and oxygen atoms in total. The van der Waals surface area contributed by atoms with E-state index in [4.69, 9.17) is 0 Å². The summed E-state index contributed by atoms with van der Waals surface area (Å²) in [5.41, 5.74) is 1.72. The van der Waals surface area contributed by atoms with Crippen LogP contribution in [0.25, 0.3) is 0 Å². The third kappa shape index (κ3) is 4.51. The summed E-state index contributed by atoms with van der Waals surface area (Å²) in [5, 5.41) is 16.3. The van der Waals surface area contributed by atoms with Crippen molar-refractivity contribution >= 4 is 17.7 Å². The molecule has 0 unspecified atom stereocenters. The highest BCUT2D eigenvalue weighted by atomic mass is 32.2. The van der Waals surface area contributed by atoms with E-state index in [0.717, 1.165) is 28.8 Å². The van der Waals surface area contributed by atoms with Crippen molar-refractivity contribution in [2.45, 2.75) is 32.1 Å². The van der Waals surface area contributed by atoms with Gasteiger partial charge in [-0.05, 0) is 19.4 Å². The Morgan fingerprint density at radius 3 is 2.81 bits per heavy atom. The zero-order valence-corrected chi connectivity index (χ0v) is 15.7. The van der Waals surface area contributed by atoms with E-state index in [1.807, 2.05) is 37.3 Å². The Hall–Kier alpha value is -2.61. The van der Waals surface area contributed by atoms with Gasteiger partial charge in [-0.15, -0.1) is 10.2 Å². The summed E-state index contributed by atoms with van der Waals surface area (Å²) in [7, 11) is 0. The molecule has 0 spiro atoms. The standard InChI is InChI=1S/C18H22N6OS/c1-3-24-14(2)21-22-18(24)26-10-9-19-17(25)16-11-20-23(13-16)12-15-7-5-4-6-8-15/h4-8,11,13H,3,9-10,12H2,1-2H3,(H,19,25). The molecule has 0 radical (unpaired) electrons. The number of nitrogens with zero attached hydrogens (tertiary/aromatic N) is 5. The topological polar surface area (TPSA) is 77.6 Å². The quantitative estimate of drug-likeness (QED) is 0.487. The van der Waals surface area contributed by atoms with Crippen molar-refractivity contribution in [2.24, 2.45) is 0 Å². The number of hydrogen-bond donors (Lipinski definition) is 1. The van der Waals surface area contributed by atoms with Crippen LogP contribution in [-0.2, 0) is 13.1 Å². The van der Waals surface area contributed by atoms with Crippen molar-refractivity contribution in [3.8, 4) is 0 Å². The number of benzene rings is 1. The largest absolute Gasteiger partial charge is 0.351 e. The highest BCUT2D eigenvalue weighted by Crippen LogP contribution is 2.15. The van der Waals surface area contributed by atoms with Gasteiger partial charge in [-0.3, -0.25) is 9.48 Å². The van der Waals surface area contributed by atoms with Gasteiger partial charge < -0.3 is 9.88 Å². The fraction of sp³-hybridized carbons (Fsp3) is 0.333. The third-order valence-corrected chi connectivity index (χ3v) is 4.89. The lowest BCUT2D eigenvalue weighted by atomic mass is 10.2. The summed E-state index contributed by atoms with van der Waals surface area (Å²) in [5.74, 6) is 1.53. The molecule has 0 bridgehead atoms. The number of aryl methyl sites for hydroxylation is 1. The number of thioether (sulfide) groups is 1. The highest BCUT2D eigenvalue weighted by Gasteiger charge is 2.10. The number of rotatable bonds is 8. The van der Waals surface area contributed by atoms with Crippen molar-refractivity contribution < 1.29 is 4.79 Å². The van der Waals surface area contributed by atoms with E-state index in [0.29, 0.717) is 18.7 Å². The Morgan fingerprint density at radius 2 is 2.04 bits per heavy atom. The van der Waals surface area contributed by atoms with Crippen molar-refractivity contribution in [1.29, 1.82) is 0 Å². The average molecular weight is 370 g/mol. The van der Waals surface area contributed by atoms with Crippen LogP contribution in [0.5, 0.6) is 0 Å². The molecule has 8 heteroatoms. The maximum Gasteiger partial charge on any atom is 0.254 e. The van der Waals surface area contributed by atoms with Gasteiger partial charge in [0.1, 0.15) is 5.82 Å². The molecule has 2 heterocycles. The molecule has 136 valence electrons. The fourth-order valence-electron chi connectivity index (χ4n) is 2.58. The van der Waals surface area contributed by atoms with Crippen molar-refractivity contribution in [2.75, 3.05) is 12.3 Å². The number of carbonyl (C=O) groups is 1. The molecule has 3 aromatic rings. The first-order valence-electron chi connectivity index (χ1n) is 8.54. The molecule has 0 saturated heterocycles. The SMILES string of the molecule is CCn1c(C)nnc1SCCNC(=O)c1cnn(Cc2ccccc2)c1. The molecule has 2 aromatic heterocycles. The van der Waals surface area contributed by atoms with Crippen LogP contribution in [0.15, 0.2) is 47.9 Å². The molecular weight excluding hydrogens is 348 g/mol. The van der Waals surface area contributed by atoms with E-state index in [-0.39, 0.29) is 5.91 Å². The second-order valence-electron chi connectivity index (χ2n) is 5.79. The number of carbonyl (C=O) groups excluding carboxylic acids is 1. The van der Waals surface area contributed by atoms with E-state index in [2.05, 4.69) is 32.1 Å². The smallest absolute Gasteiger partial charge is 0.254 e. The summed E-state index contributed by atoms with van der Waals surface area (Å²) in [4.78, 5) is 12.2. The Labute approximate surface area is 156 Å². The van der Waals surface area contributed by atoms with Gasteiger partial charge in [0, 0.05) is 25.0 Å². The van der Waals surface area contributed by atoms with Gasteiger partial charge in [0.05, 0.1) is 18.3 Å². The number of aromatic nitrogens is 5. The molecule has 0 saturated carbocycles. The first-order chi connectivity index (χ1) is 12.7. The van der Waals surface area contributed by atoms with Gasteiger partial charge in [-0.2, -0.15) is 5.10 Å².